The second-order valence-corrected chi connectivity index (χ2v) is 17.9. The van der Waals surface area contributed by atoms with Gasteiger partial charge in [0.25, 0.3) is 0 Å². The predicted octanol–water partition coefficient (Wildman–Crippen LogP) is 17.1. The summed E-state index contributed by atoms with van der Waals surface area (Å²) >= 11 is 0. The Morgan fingerprint density at radius 3 is 1.08 bits per heavy atom. The number of hydrogen-bond donors (Lipinski definition) is 3. The summed E-state index contributed by atoms with van der Waals surface area (Å²) in [5, 5.41) is 23.1. The standard InChI is InChI=1S/C55H103NO3/c1-3-5-7-9-11-13-15-17-19-21-22-23-24-25-26-27-28-29-30-31-32-33-34-35-37-39-41-43-45-47-49-51-55(59)56-53(52-57)54(58)50-48-46-44-42-40-38-36-20-18-16-14-12-10-8-6-4-2/h15,17,21-22,40,42,48,50,53-54,57-58H,3-14,16,18-20,23-39,41,43-47,49,51-52H2,1-2H3,(H,56,59)/b17-15-,22-21-,42-40+,50-48+. The summed E-state index contributed by atoms with van der Waals surface area (Å²) in [6, 6.07) is -0.638. The summed E-state index contributed by atoms with van der Waals surface area (Å²) in [5.74, 6) is -0.0710. The molecule has 0 aliphatic heterocycles. The lowest BCUT2D eigenvalue weighted by Gasteiger charge is -2.19. The molecular weight excluding hydrogens is 723 g/mol. The van der Waals surface area contributed by atoms with Gasteiger partial charge in [0, 0.05) is 6.42 Å². The summed E-state index contributed by atoms with van der Waals surface area (Å²) in [4.78, 5) is 12.4. The first-order chi connectivity index (χ1) is 29.2. The van der Waals surface area contributed by atoms with Crippen molar-refractivity contribution in [1.82, 2.24) is 5.32 Å². The van der Waals surface area contributed by atoms with E-state index in [1.165, 1.54) is 218 Å². The molecule has 0 aliphatic rings. The number of aliphatic hydroxyl groups is 2. The van der Waals surface area contributed by atoms with Gasteiger partial charge in [0.2, 0.25) is 5.91 Å². The third kappa shape index (κ3) is 47.3. The van der Waals surface area contributed by atoms with Crippen LogP contribution in [-0.2, 0) is 4.79 Å². The zero-order valence-electron chi connectivity index (χ0n) is 39.8. The van der Waals surface area contributed by atoms with Crippen molar-refractivity contribution < 1.29 is 15.0 Å². The zero-order valence-corrected chi connectivity index (χ0v) is 39.8. The molecule has 1 amide bonds. The molecule has 0 radical (unpaired) electrons. The van der Waals surface area contributed by atoms with Crippen LogP contribution < -0.4 is 5.32 Å². The van der Waals surface area contributed by atoms with E-state index in [0.29, 0.717) is 6.42 Å². The first kappa shape index (κ1) is 57.3. The molecule has 0 spiro atoms. The molecule has 346 valence electrons. The third-order valence-corrected chi connectivity index (χ3v) is 12.0. The van der Waals surface area contributed by atoms with Gasteiger partial charge in [-0.05, 0) is 64.2 Å². The largest absolute Gasteiger partial charge is 0.394 e. The Morgan fingerprint density at radius 1 is 0.407 bits per heavy atom. The minimum absolute atomic E-state index is 0.0710. The normalized spacial score (nSPS) is 13.2. The van der Waals surface area contributed by atoms with E-state index in [9.17, 15) is 15.0 Å². The highest BCUT2D eigenvalue weighted by molar-refractivity contribution is 5.76. The van der Waals surface area contributed by atoms with Crippen LogP contribution in [0, 0.1) is 0 Å². The molecule has 2 atom stereocenters. The maximum absolute atomic E-state index is 12.4. The maximum atomic E-state index is 12.4. The average Bonchev–Trinajstić information content (AvgIpc) is 3.24. The van der Waals surface area contributed by atoms with E-state index in [0.717, 1.165) is 38.5 Å². The minimum Gasteiger partial charge on any atom is -0.394 e. The van der Waals surface area contributed by atoms with Crippen LogP contribution in [0.4, 0.5) is 0 Å². The van der Waals surface area contributed by atoms with Crippen LogP contribution in [0.25, 0.3) is 0 Å². The van der Waals surface area contributed by atoms with Gasteiger partial charge < -0.3 is 15.5 Å². The molecule has 0 aromatic heterocycles. The fraction of sp³-hybridized carbons (Fsp3) is 0.836. The Morgan fingerprint density at radius 2 is 0.712 bits per heavy atom. The van der Waals surface area contributed by atoms with Gasteiger partial charge in [-0.1, -0.05) is 255 Å². The number of carbonyl (C=O) groups is 1. The van der Waals surface area contributed by atoms with Crippen molar-refractivity contribution in [3.8, 4) is 0 Å². The van der Waals surface area contributed by atoms with E-state index in [2.05, 4.69) is 55.6 Å². The van der Waals surface area contributed by atoms with E-state index in [1.54, 1.807) is 6.08 Å². The van der Waals surface area contributed by atoms with Crippen molar-refractivity contribution in [1.29, 1.82) is 0 Å². The molecule has 0 aromatic rings. The van der Waals surface area contributed by atoms with Crippen LogP contribution in [0.3, 0.4) is 0 Å². The predicted molar refractivity (Wildman–Crippen MR) is 262 cm³/mol. The highest BCUT2D eigenvalue weighted by atomic mass is 16.3. The van der Waals surface area contributed by atoms with Gasteiger partial charge in [0.15, 0.2) is 0 Å². The van der Waals surface area contributed by atoms with Crippen molar-refractivity contribution in [2.75, 3.05) is 6.61 Å². The van der Waals surface area contributed by atoms with Crippen LogP contribution in [0.1, 0.15) is 277 Å². The fourth-order valence-electron chi connectivity index (χ4n) is 7.99. The maximum Gasteiger partial charge on any atom is 0.220 e. The van der Waals surface area contributed by atoms with Crippen molar-refractivity contribution in [2.24, 2.45) is 0 Å². The van der Waals surface area contributed by atoms with Gasteiger partial charge in [-0.15, -0.1) is 0 Å². The van der Waals surface area contributed by atoms with E-state index in [4.69, 9.17) is 0 Å². The quantitative estimate of drug-likeness (QED) is 0.0423. The smallest absolute Gasteiger partial charge is 0.220 e. The molecule has 0 bridgehead atoms. The van der Waals surface area contributed by atoms with Gasteiger partial charge in [-0.2, -0.15) is 0 Å². The van der Waals surface area contributed by atoms with Crippen molar-refractivity contribution >= 4 is 5.91 Å². The molecule has 4 heteroatoms. The topological polar surface area (TPSA) is 69.6 Å². The van der Waals surface area contributed by atoms with Crippen LogP contribution in [-0.4, -0.2) is 34.9 Å². The highest BCUT2D eigenvalue weighted by Gasteiger charge is 2.17. The SMILES string of the molecule is CCCCCCC/C=C\C/C=C\CCCCCCCCCCCCCCCCCCCCCC(=O)NC(CO)C(O)/C=C/CC/C=C/CCCCCCCCCCCC. The Labute approximate surface area is 369 Å². The molecule has 3 N–H and O–H groups in total. The zero-order chi connectivity index (χ0) is 42.8. The number of aliphatic hydroxyl groups excluding tert-OH is 2. The fourth-order valence-corrected chi connectivity index (χ4v) is 7.99. The average molecular weight is 826 g/mol. The molecule has 0 fully saturated rings. The molecular formula is C55H103NO3. The van der Waals surface area contributed by atoms with Gasteiger partial charge >= 0.3 is 0 Å². The van der Waals surface area contributed by atoms with Crippen LogP contribution in [0.15, 0.2) is 48.6 Å². The first-order valence-corrected chi connectivity index (χ1v) is 26.4. The number of unbranched alkanes of at least 4 members (excludes halogenated alkanes) is 35. The monoisotopic (exact) mass is 826 g/mol. The van der Waals surface area contributed by atoms with Gasteiger partial charge in [0.1, 0.15) is 0 Å². The van der Waals surface area contributed by atoms with Crippen LogP contribution in [0.5, 0.6) is 0 Å². The molecule has 0 aromatic carbocycles. The highest BCUT2D eigenvalue weighted by Crippen LogP contribution is 2.16. The second-order valence-electron chi connectivity index (χ2n) is 17.9. The summed E-state index contributed by atoms with van der Waals surface area (Å²) in [6.45, 7) is 4.30. The molecule has 0 rings (SSSR count). The van der Waals surface area contributed by atoms with Crippen molar-refractivity contribution in [3.05, 3.63) is 48.6 Å². The minimum atomic E-state index is -0.861. The Hall–Kier alpha value is -1.65. The third-order valence-electron chi connectivity index (χ3n) is 12.0. The summed E-state index contributed by atoms with van der Waals surface area (Å²) in [7, 11) is 0. The summed E-state index contributed by atoms with van der Waals surface area (Å²) in [5.41, 5.74) is 0. The molecule has 59 heavy (non-hydrogen) atoms. The molecule has 2 unspecified atom stereocenters. The lowest BCUT2D eigenvalue weighted by atomic mass is 10.0. The molecule has 0 saturated carbocycles. The van der Waals surface area contributed by atoms with Crippen molar-refractivity contribution in [3.63, 3.8) is 0 Å². The Bertz CT molecular complexity index is 939. The van der Waals surface area contributed by atoms with Crippen molar-refractivity contribution in [2.45, 2.75) is 289 Å². The Kier molecular flexibility index (Phi) is 49.3. The van der Waals surface area contributed by atoms with Crippen LogP contribution in [0.2, 0.25) is 0 Å². The molecule has 0 aliphatic carbocycles. The van der Waals surface area contributed by atoms with Gasteiger partial charge in [-0.25, -0.2) is 0 Å². The lowest BCUT2D eigenvalue weighted by molar-refractivity contribution is -0.123. The molecule has 0 heterocycles. The van der Waals surface area contributed by atoms with Crippen LogP contribution >= 0.6 is 0 Å². The summed E-state index contributed by atoms with van der Waals surface area (Å²) in [6.07, 6.45) is 69.7. The number of hydrogen-bond acceptors (Lipinski definition) is 3. The number of carbonyl (C=O) groups excluding carboxylic acids is 1. The second kappa shape index (κ2) is 50.7. The number of amides is 1. The summed E-state index contributed by atoms with van der Waals surface area (Å²) < 4.78 is 0. The number of allylic oxidation sites excluding steroid dienone is 7. The number of nitrogens with one attached hydrogen (secondary N) is 1. The lowest BCUT2D eigenvalue weighted by Crippen LogP contribution is -2.45. The molecule has 4 nitrogen and oxygen atoms in total. The van der Waals surface area contributed by atoms with Gasteiger partial charge in [0.05, 0.1) is 18.8 Å². The van der Waals surface area contributed by atoms with Gasteiger partial charge in [-0.3, -0.25) is 4.79 Å². The van der Waals surface area contributed by atoms with E-state index >= 15 is 0 Å². The van der Waals surface area contributed by atoms with E-state index in [-0.39, 0.29) is 12.5 Å². The van der Waals surface area contributed by atoms with E-state index < -0.39 is 12.1 Å². The first-order valence-electron chi connectivity index (χ1n) is 26.4. The molecule has 0 saturated heterocycles. The Balaban J connectivity index is 3.48. The van der Waals surface area contributed by atoms with E-state index in [1.807, 2.05) is 6.08 Å². The number of rotatable bonds is 48.